The summed E-state index contributed by atoms with van der Waals surface area (Å²) >= 11 is 6.33. The first-order valence-corrected chi connectivity index (χ1v) is 11.2. The molecule has 2 atom stereocenters. The van der Waals surface area contributed by atoms with Crippen LogP contribution in [0.2, 0.25) is 5.02 Å². The number of ether oxygens (including phenoxy) is 2. The average Bonchev–Trinajstić information content (AvgIpc) is 2.77. The van der Waals surface area contributed by atoms with Crippen LogP contribution in [0.15, 0.2) is 36.4 Å². The van der Waals surface area contributed by atoms with Gasteiger partial charge in [-0.25, -0.2) is 0 Å². The molecule has 0 spiro atoms. The minimum Gasteiger partial charge on any atom is -0.493 e. The first kappa shape index (κ1) is 22.5. The molecule has 0 aromatic heterocycles. The van der Waals surface area contributed by atoms with Crippen LogP contribution in [0.5, 0.6) is 11.5 Å². The van der Waals surface area contributed by atoms with Gasteiger partial charge in [0.2, 0.25) is 5.91 Å². The van der Waals surface area contributed by atoms with Gasteiger partial charge in [0.05, 0.1) is 20.3 Å². The second-order valence-electron chi connectivity index (χ2n) is 7.89. The molecule has 2 aromatic rings. The number of hydrogen-bond acceptors (Lipinski definition) is 3. The lowest BCUT2D eigenvalue weighted by Crippen LogP contribution is -2.43. The van der Waals surface area contributed by atoms with E-state index in [0.717, 1.165) is 49.0 Å². The van der Waals surface area contributed by atoms with Crippen molar-refractivity contribution in [3.8, 4) is 11.5 Å². The Hall–Kier alpha value is -2.20. The summed E-state index contributed by atoms with van der Waals surface area (Å²) < 4.78 is 11.1. The van der Waals surface area contributed by atoms with Gasteiger partial charge in [-0.2, -0.15) is 0 Å². The Balaban J connectivity index is 2.09. The highest BCUT2D eigenvalue weighted by atomic mass is 35.5. The van der Waals surface area contributed by atoms with Gasteiger partial charge in [-0.15, -0.1) is 0 Å². The zero-order chi connectivity index (χ0) is 21.7. The Morgan fingerprint density at radius 1 is 1.17 bits per heavy atom. The number of methoxy groups -OCH3 is 2. The number of halogens is 1. The Bertz CT molecular complexity index is 883. The van der Waals surface area contributed by atoms with Crippen LogP contribution in [0.4, 0.5) is 0 Å². The predicted octanol–water partition coefficient (Wildman–Crippen LogP) is 6.05. The maximum Gasteiger partial charge on any atom is 0.226 e. The number of carbonyl (C=O) groups excluding carboxylic acids is 1. The van der Waals surface area contributed by atoms with Crippen molar-refractivity contribution in [2.75, 3.05) is 20.8 Å². The summed E-state index contributed by atoms with van der Waals surface area (Å²) in [6.07, 6.45) is 4.76. The predicted molar refractivity (Wildman–Crippen MR) is 122 cm³/mol. The highest BCUT2D eigenvalue weighted by Crippen LogP contribution is 2.42. The fourth-order valence-corrected chi connectivity index (χ4v) is 4.61. The third-order valence-electron chi connectivity index (χ3n) is 6.07. The van der Waals surface area contributed by atoms with Crippen molar-refractivity contribution in [3.63, 3.8) is 0 Å². The molecule has 5 heteroatoms. The standard InChI is InChI=1S/C25H32ClNO3/c1-5-7-9-17(6-2)25(28)27-13-12-18-15-22(29-3)23(30-4)16-21(18)24(27)19-10-8-11-20(26)14-19/h8,10-11,14-17,24H,5-7,9,12-13H2,1-4H3/t17-,24-/m0/s1. The number of fused-ring (bicyclic) bond motifs is 1. The number of nitrogens with zero attached hydrogens (tertiary/aromatic N) is 1. The van der Waals surface area contributed by atoms with Gasteiger partial charge in [0.1, 0.15) is 0 Å². The lowest BCUT2D eigenvalue weighted by atomic mass is 9.86. The van der Waals surface area contributed by atoms with Crippen molar-refractivity contribution in [1.82, 2.24) is 4.90 Å². The zero-order valence-corrected chi connectivity index (χ0v) is 19.2. The molecule has 1 aliphatic heterocycles. The molecule has 162 valence electrons. The zero-order valence-electron chi connectivity index (χ0n) is 18.4. The molecule has 1 amide bonds. The van der Waals surface area contributed by atoms with Gasteiger partial charge in [-0.05, 0) is 60.2 Å². The van der Waals surface area contributed by atoms with Crippen LogP contribution < -0.4 is 9.47 Å². The number of unbranched alkanes of at least 4 members (excludes halogenated alkanes) is 1. The molecular formula is C25H32ClNO3. The smallest absolute Gasteiger partial charge is 0.226 e. The van der Waals surface area contributed by atoms with Crippen LogP contribution in [-0.4, -0.2) is 31.6 Å². The third-order valence-corrected chi connectivity index (χ3v) is 6.30. The van der Waals surface area contributed by atoms with Gasteiger partial charge >= 0.3 is 0 Å². The highest BCUT2D eigenvalue weighted by molar-refractivity contribution is 6.30. The molecule has 0 saturated carbocycles. The molecule has 4 nitrogen and oxygen atoms in total. The van der Waals surface area contributed by atoms with Gasteiger partial charge in [0.15, 0.2) is 11.5 Å². The second-order valence-corrected chi connectivity index (χ2v) is 8.33. The largest absolute Gasteiger partial charge is 0.493 e. The topological polar surface area (TPSA) is 38.8 Å². The van der Waals surface area contributed by atoms with Crippen LogP contribution in [0, 0.1) is 5.92 Å². The van der Waals surface area contributed by atoms with Crippen LogP contribution in [0.3, 0.4) is 0 Å². The van der Waals surface area contributed by atoms with Crippen LogP contribution in [0.25, 0.3) is 0 Å². The maximum absolute atomic E-state index is 13.6. The quantitative estimate of drug-likeness (QED) is 0.512. The van der Waals surface area contributed by atoms with E-state index in [0.29, 0.717) is 17.3 Å². The number of amides is 1. The van der Waals surface area contributed by atoms with Crippen molar-refractivity contribution >= 4 is 17.5 Å². The van der Waals surface area contributed by atoms with E-state index in [1.54, 1.807) is 14.2 Å². The first-order chi connectivity index (χ1) is 14.5. The molecule has 0 radical (unpaired) electrons. The highest BCUT2D eigenvalue weighted by Gasteiger charge is 2.35. The Morgan fingerprint density at radius 3 is 2.53 bits per heavy atom. The molecular weight excluding hydrogens is 398 g/mol. The molecule has 0 unspecified atom stereocenters. The van der Waals surface area contributed by atoms with E-state index in [2.05, 4.69) is 19.9 Å². The monoisotopic (exact) mass is 429 g/mol. The minimum atomic E-state index is -0.185. The van der Waals surface area contributed by atoms with E-state index in [1.807, 2.05) is 35.2 Å². The molecule has 1 heterocycles. The van der Waals surface area contributed by atoms with Crippen molar-refractivity contribution in [2.45, 2.75) is 52.0 Å². The molecule has 3 rings (SSSR count). The lowest BCUT2D eigenvalue weighted by Gasteiger charge is -2.40. The van der Waals surface area contributed by atoms with Gasteiger partial charge in [-0.3, -0.25) is 4.79 Å². The Morgan fingerprint density at radius 2 is 1.90 bits per heavy atom. The summed E-state index contributed by atoms with van der Waals surface area (Å²) in [6.45, 7) is 4.96. The molecule has 1 aliphatic rings. The number of benzene rings is 2. The van der Waals surface area contributed by atoms with Gasteiger partial charge < -0.3 is 14.4 Å². The summed E-state index contributed by atoms with van der Waals surface area (Å²) in [5.41, 5.74) is 3.29. The Labute approximate surface area is 185 Å². The van der Waals surface area contributed by atoms with Gasteiger partial charge in [0, 0.05) is 17.5 Å². The summed E-state index contributed by atoms with van der Waals surface area (Å²) in [5, 5.41) is 0.672. The molecule has 2 aromatic carbocycles. The van der Waals surface area contributed by atoms with E-state index in [9.17, 15) is 4.79 Å². The third kappa shape index (κ3) is 4.59. The van der Waals surface area contributed by atoms with E-state index >= 15 is 0 Å². The first-order valence-electron chi connectivity index (χ1n) is 10.8. The Kier molecular flexibility index (Phi) is 7.65. The van der Waals surface area contributed by atoms with Gasteiger partial charge in [0.25, 0.3) is 0 Å². The molecule has 0 aliphatic carbocycles. The number of rotatable bonds is 8. The van der Waals surface area contributed by atoms with E-state index in [1.165, 1.54) is 5.56 Å². The van der Waals surface area contributed by atoms with Crippen LogP contribution >= 0.6 is 11.6 Å². The summed E-state index contributed by atoms with van der Waals surface area (Å²) in [5.74, 6) is 1.68. The second kappa shape index (κ2) is 10.2. The lowest BCUT2D eigenvalue weighted by molar-refractivity contribution is -0.138. The molecule has 0 bridgehead atoms. The fraction of sp³-hybridized carbons (Fsp3) is 0.480. The SMILES string of the molecule is CCCC[C@H](CC)C(=O)N1CCc2cc(OC)c(OC)cc2[C@@H]1c1cccc(Cl)c1. The summed E-state index contributed by atoms with van der Waals surface area (Å²) in [6, 6.07) is 11.7. The van der Waals surface area contributed by atoms with Crippen molar-refractivity contribution in [3.05, 3.63) is 58.1 Å². The van der Waals surface area contributed by atoms with E-state index in [4.69, 9.17) is 21.1 Å². The summed E-state index contributed by atoms with van der Waals surface area (Å²) in [4.78, 5) is 15.7. The van der Waals surface area contributed by atoms with Crippen LogP contribution in [-0.2, 0) is 11.2 Å². The van der Waals surface area contributed by atoms with Crippen molar-refractivity contribution in [1.29, 1.82) is 0 Å². The number of hydrogen-bond donors (Lipinski definition) is 0. The van der Waals surface area contributed by atoms with E-state index < -0.39 is 0 Å². The molecule has 0 N–H and O–H groups in total. The minimum absolute atomic E-state index is 0.0494. The average molecular weight is 430 g/mol. The van der Waals surface area contributed by atoms with Crippen molar-refractivity contribution in [2.24, 2.45) is 5.92 Å². The molecule has 0 fully saturated rings. The normalized spacial score (nSPS) is 16.7. The van der Waals surface area contributed by atoms with Gasteiger partial charge in [-0.1, -0.05) is 50.4 Å². The van der Waals surface area contributed by atoms with E-state index in [-0.39, 0.29) is 17.9 Å². The van der Waals surface area contributed by atoms with Crippen LogP contribution in [0.1, 0.15) is 62.3 Å². The molecule has 30 heavy (non-hydrogen) atoms. The van der Waals surface area contributed by atoms with Crippen molar-refractivity contribution < 1.29 is 14.3 Å². The maximum atomic E-state index is 13.6. The summed E-state index contributed by atoms with van der Waals surface area (Å²) in [7, 11) is 3.29. The number of carbonyl (C=O) groups is 1. The fourth-order valence-electron chi connectivity index (χ4n) is 4.41. The molecule has 0 saturated heterocycles.